The van der Waals surface area contributed by atoms with Crippen molar-refractivity contribution in [3.8, 4) is 0 Å². The van der Waals surface area contributed by atoms with Crippen LogP contribution >= 0.6 is 24.4 Å². The number of rotatable bonds is 8. The molecule has 0 aromatic rings. The van der Waals surface area contributed by atoms with Crippen LogP contribution in [0.5, 0.6) is 0 Å². The Labute approximate surface area is 194 Å². The predicted molar refractivity (Wildman–Crippen MR) is 104 cm³/mol. The molecule has 0 aliphatic rings. The molecular formula is C14H28N2NaS4Zn+. The van der Waals surface area contributed by atoms with E-state index in [-0.39, 0.29) is 49.0 Å². The van der Waals surface area contributed by atoms with Crippen molar-refractivity contribution in [2.45, 2.75) is 53.4 Å². The first-order chi connectivity index (χ1) is 9.44. The fourth-order valence-electron chi connectivity index (χ4n) is 1.47. The summed E-state index contributed by atoms with van der Waals surface area (Å²) in [6.07, 6.45) is 4.81. The van der Waals surface area contributed by atoms with Gasteiger partial charge in [-0.1, -0.05) is 35.3 Å². The smallest absolute Gasteiger partial charge is 0.411 e. The maximum atomic E-state index is 4.98. The molecule has 0 saturated carbocycles. The number of hydrogen-bond donors (Lipinski definition) is 0. The summed E-state index contributed by atoms with van der Waals surface area (Å²) in [7, 11) is 0. The van der Waals surface area contributed by atoms with Crippen LogP contribution in [0.25, 0.3) is 0 Å². The maximum absolute atomic E-state index is 4.98. The molecule has 0 spiro atoms. The Morgan fingerprint density at radius 2 is 1.09 bits per heavy atom. The van der Waals surface area contributed by atoms with Gasteiger partial charge in [-0.15, -0.1) is 0 Å². The van der Waals surface area contributed by atoms with Crippen molar-refractivity contribution < 1.29 is 49.0 Å². The van der Waals surface area contributed by atoms with Crippen LogP contribution in [0.1, 0.15) is 53.4 Å². The van der Waals surface area contributed by atoms with Crippen LogP contribution in [-0.2, 0) is 44.7 Å². The van der Waals surface area contributed by atoms with Gasteiger partial charge < -0.3 is 59.5 Å². The average Bonchev–Trinajstić information content (AvgIpc) is 2.40. The van der Waals surface area contributed by atoms with Crippen LogP contribution < -0.4 is 29.6 Å². The second-order valence-electron chi connectivity index (χ2n) is 4.40. The number of hydrogen-bond acceptors (Lipinski definition) is 4. The molecule has 0 atom stereocenters. The number of unbranched alkanes of at least 4 members (excludes halogenated alkanes) is 2. The third-order valence-electron chi connectivity index (χ3n) is 2.84. The summed E-state index contributed by atoms with van der Waals surface area (Å²) in [5, 5.41) is 0. The van der Waals surface area contributed by atoms with E-state index in [0.717, 1.165) is 26.2 Å². The molecule has 0 amide bonds. The zero-order valence-corrected chi connectivity index (χ0v) is 23.1. The number of nitrogens with zero attached hydrogens (tertiary/aromatic N) is 2. The van der Waals surface area contributed by atoms with Gasteiger partial charge in [0.2, 0.25) is 0 Å². The van der Waals surface area contributed by atoms with E-state index in [1.165, 1.54) is 25.7 Å². The van der Waals surface area contributed by atoms with Crippen molar-refractivity contribution in [3.63, 3.8) is 0 Å². The maximum Gasteiger partial charge on any atom is 2.00 e. The van der Waals surface area contributed by atoms with Gasteiger partial charge in [-0.2, -0.15) is 0 Å². The van der Waals surface area contributed by atoms with Crippen LogP contribution in [0.15, 0.2) is 0 Å². The number of thiocarbonyl (C=S) groups is 2. The minimum atomic E-state index is 0. The molecule has 0 radical (unpaired) electrons. The molecule has 2 nitrogen and oxygen atoms in total. The van der Waals surface area contributed by atoms with Crippen LogP contribution in [0.4, 0.5) is 0 Å². The van der Waals surface area contributed by atoms with Crippen molar-refractivity contribution in [2.24, 2.45) is 0 Å². The van der Waals surface area contributed by atoms with Crippen LogP contribution in [0.2, 0.25) is 0 Å². The summed E-state index contributed by atoms with van der Waals surface area (Å²) in [5.41, 5.74) is 0. The van der Waals surface area contributed by atoms with Crippen LogP contribution in [0, 0.1) is 0 Å². The first-order valence-corrected chi connectivity index (χ1v) is 8.99. The zero-order valence-electron chi connectivity index (χ0n) is 14.9. The molecule has 8 heteroatoms. The Hall–Kier alpha value is 1.84. The molecular weight excluding hydrogens is 413 g/mol. The van der Waals surface area contributed by atoms with E-state index >= 15 is 0 Å². The quantitative estimate of drug-likeness (QED) is 0.312. The second-order valence-corrected chi connectivity index (χ2v) is 6.46. The van der Waals surface area contributed by atoms with E-state index in [0.29, 0.717) is 8.64 Å². The topological polar surface area (TPSA) is 6.48 Å². The first-order valence-electron chi connectivity index (χ1n) is 7.36. The monoisotopic (exact) mass is 439 g/mol. The second kappa shape index (κ2) is 22.8. The van der Waals surface area contributed by atoms with Crippen molar-refractivity contribution >= 4 is 58.3 Å². The van der Waals surface area contributed by atoms with Gasteiger partial charge in [0.05, 0.1) is 0 Å². The third kappa shape index (κ3) is 19.9. The first kappa shape index (κ1) is 31.6. The van der Waals surface area contributed by atoms with Gasteiger partial charge in [0, 0.05) is 26.2 Å². The fraction of sp³-hybridized carbons (Fsp3) is 0.857. The third-order valence-corrected chi connectivity index (χ3v) is 3.88. The van der Waals surface area contributed by atoms with Crippen molar-refractivity contribution in [1.82, 2.24) is 9.80 Å². The summed E-state index contributed by atoms with van der Waals surface area (Å²) in [6.45, 7) is 12.4. The van der Waals surface area contributed by atoms with Crippen molar-refractivity contribution in [2.75, 3.05) is 26.2 Å². The van der Waals surface area contributed by atoms with E-state index < -0.39 is 0 Å². The normalized spacial score (nSPS) is 8.55. The van der Waals surface area contributed by atoms with Gasteiger partial charge in [0.1, 0.15) is 0 Å². The molecule has 0 heterocycles. The molecule has 0 unspecified atom stereocenters. The molecule has 0 rings (SSSR count). The van der Waals surface area contributed by atoms with E-state index in [1.807, 2.05) is 18.7 Å². The molecule has 0 saturated heterocycles. The fourth-order valence-corrected chi connectivity index (χ4v) is 2.36. The van der Waals surface area contributed by atoms with Crippen molar-refractivity contribution in [1.29, 1.82) is 0 Å². The molecule has 0 aromatic heterocycles. The van der Waals surface area contributed by atoms with Gasteiger partial charge in [0.25, 0.3) is 0 Å². The standard InChI is InChI=1S/C9H19NS2.C5H11NS2.Na.Zn/c1-3-5-7-10(9(11)12)8-6-4-2;1-3-6(4-2)5(7)8;;/h3-8H2,1-2H3,(H,11,12);3-4H2,1-2H3,(H,7,8);;/q;;+1;+2/p-2. The molecule has 120 valence electrons. The summed E-state index contributed by atoms with van der Waals surface area (Å²) < 4.78 is 1.21. The molecule has 22 heavy (non-hydrogen) atoms. The SMILES string of the molecule is CCCCN(CCCC)C(=S)[S-].CCN(CC)C(=S)[S-].[Na+].[Zn+2]. The van der Waals surface area contributed by atoms with Gasteiger partial charge in [-0.05, 0) is 26.7 Å². The van der Waals surface area contributed by atoms with E-state index in [2.05, 4.69) is 18.7 Å². The van der Waals surface area contributed by atoms with Gasteiger partial charge in [-0.3, -0.25) is 0 Å². The Kier molecular flexibility index (Phi) is 32.8. The van der Waals surface area contributed by atoms with Gasteiger partial charge in [-0.25, -0.2) is 0 Å². The van der Waals surface area contributed by atoms with Crippen LogP contribution in [0.3, 0.4) is 0 Å². The molecule has 0 aliphatic heterocycles. The average molecular weight is 441 g/mol. The Bertz CT molecular complexity index is 259. The minimum absolute atomic E-state index is 0. The Morgan fingerprint density at radius 3 is 1.23 bits per heavy atom. The van der Waals surface area contributed by atoms with Gasteiger partial charge in [0.15, 0.2) is 0 Å². The van der Waals surface area contributed by atoms with Crippen molar-refractivity contribution in [3.05, 3.63) is 0 Å². The molecule has 0 N–H and O–H groups in total. The van der Waals surface area contributed by atoms with Crippen LogP contribution in [-0.4, -0.2) is 44.6 Å². The summed E-state index contributed by atoms with van der Waals surface area (Å²) >= 11 is 19.5. The summed E-state index contributed by atoms with van der Waals surface area (Å²) in [4.78, 5) is 4.10. The zero-order chi connectivity index (χ0) is 16.0. The largest absolute Gasteiger partial charge is 2.00 e. The summed E-state index contributed by atoms with van der Waals surface area (Å²) in [6, 6.07) is 0. The van der Waals surface area contributed by atoms with Gasteiger partial charge >= 0.3 is 49.0 Å². The van der Waals surface area contributed by atoms with E-state index in [4.69, 9.17) is 49.7 Å². The minimum Gasteiger partial charge on any atom is -0.411 e. The van der Waals surface area contributed by atoms with E-state index in [1.54, 1.807) is 0 Å². The van der Waals surface area contributed by atoms with E-state index in [9.17, 15) is 0 Å². The molecule has 0 fully saturated rings. The Balaban J connectivity index is -0.000000144. The summed E-state index contributed by atoms with van der Waals surface area (Å²) in [5.74, 6) is 0. The molecule has 0 aromatic carbocycles. The molecule has 0 aliphatic carbocycles. The predicted octanol–water partition coefficient (Wildman–Crippen LogP) is 0.882. The molecule has 0 bridgehead atoms. The Morgan fingerprint density at radius 1 is 0.773 bits per heavy atom.